The first-order valence-electron chi connectivity index (χ1n) is 10.3. The van der Waals surface area contributed by atoms with Gasteiger partial charge < -0.3 is 9.47 Å². The van der Waals surface area contributed by atoms with E-state index >= 15 is 0 Å². The molecule has 0 spiro atoms. The molecule has 1 aliphatic heterocycles. The van der Waals surface area contributed by atoms with Crippen molar-refractivity contribution in [2.45, 2.75) is 44.8 Å². The smallest absolute Gasteiger partial charge is 0.339 e. The average molecular weight is 454 g/mol. The van der Waals surface area contributed by atoms with Gasteiger partial charge in [-0.15, -0.1) is 0 Å². The maximum Gasteiger partial charge on any atom is 0.339 e. The Bertz CT molecular complexity index is 1080. The molecule has 1 heterocycles. The lowest BCUT2D eigenvalue weighted by Crippen LogP contribution is -2.16. The summed E-state index contributed by atoms with van der Waals surface area (Å²) in [4.78, 5) is 45.5. The molecule has 2 aromatic carbocycles. The summed E-state index contributed by atoms with van der Waals surface area (Å²) in [7, 11) is 0. The number of nitro benzene ring substituents is 2. The summed E-state index contributed by atoms with van der Waals surface area (Å²) >= 11 is 0. The number of nitrogens with zero attached hydrogens (tertiary/aromatic N) is 2. The van der Waals surface area contributed by atoms with E-state index < -0.39 is 39.3 Å². The Morgan fingerprint density at radius 3 is 2.42 bits per heavy atom. The van der Waals surface area contributed by atoms with Crippen LogP contribution in [0.4, 0.5) is 11.4 Å². The van der Waals surface area contributed by atoms with Crippen molar-refractivity contribution in [1.29, 1.82) is 0 Å². The van der Waals surface area contributed by atoms with Crippen LogP contribution in [0.3, 0.4) is 0 Å². The molecule has 0 N–H and O–H groups in total. The highest BCUT2D eigenvalue weighted by Gasteiger charge is 2.25. The van der Waals surface area contributed by atoms with E-state index in [2.05, 4.69) is 0 Å². The van der Waals surface area contributed by atoms with Gasteiger partial charge in [-0.2, -0.15) is 0 Å². The molecule has 172 valence electrons. The number of rotatable bonds is 4. The van der Waals surface area contributed by atoms with Gasteiger partial charge >= 0.3 is 11.9 Å². The zero-order valence-electron chi connectivity index (χ0n) is 17.8. The maximum atomic E-state index is 12.9. The van der Waals surface area contributed by atoms with Crippen LogP contribution < -0.4 is 0 Å². The highest BCUT2D eigenvalue weighted by atomic mass is 16.6. The second kappa shape index (κ2) is 10.5. The molecule has 0 aliphatic carbocycles. The second-order valence-corrected chi connectivity index (χ2v) is 7.62. The number of hydrogen-bond acceptors (Lipinski definition) is 8. The maximum absolute atomic E-state index is 12.9. The molecule has 0 unspecified atom stereocenters. The van der Waals surface area contributed by atoms with E-state index in [1.807, 2.05) is 25.1 Å². The van der Waals surface area contributed by atoms with Crippen LogP contribution in [0.25, 0.3) is 0 Å². The molecule has 0 aromatic heterocycles. The zero-order chi connectivity index (χ0) is 24.0. The number of fused-ring (bicyclic) bond motifs is 1. The fourth-order valence-corrected chi connectivity index (χ4v) is 3.60. The minimum Gasteiger partial charge on any atom is -0.460 e. The van der Waals surface area contributed by atoms with Gasteiger partial charge in [-0.25, -0.2) is 9.59 Å². The minimum atomic E-state index is -0.946. The second-order valence-electron chi connectivity index (χ2n) is 7.62. The molecule has 0 amide bonds. The van der Waals surface area contributed by atoms with E-state index in [1.165, 1.54) is 12.2 Å². The van der Waals surface area contributed by atoms with Crippen molar-refractivity contribution in [3.63, 3.8) is 0 Å². The number of nitro groups is 2. The minimum absolute atomic E-state index is 0.142. The van der Waals surface area contributed by atoms with E-state index in [-0.39, 0.29) is 18.1 Å². The van der Waals surface area contributed by atoms with Crippen LogP contribution in [0, 0.1) is 20.2 Å². The summed E-state index contributed by atoms with van der Waals surface area (Å²) in [5.74, 6) is -1.45. The lowest BCUT2D eigenvalue weighted by Gasteiger charge is -2.21. The standard InChI is InChI=1S/C23H22N2O8/c1-15-6-4-8-16-7-2-3-9-20(16)21(10-5-11-22(26)32-15)33-23(27)17-12-18(24(28)29)14-19(13-17)25(30)31/h2-3,5,7,9,11-15,21H,4,6,8,10H2,1H3/b11-5+/t15-,21+/m0/s1. The molecule has 10 nitrogen and oxygen atoms in total. The Morgan fingerprint density at radius 1 is 1.09 bits per heavy atom. The molecule has 33 heavy (non-hydrogen) atoms. The van der Waals surface area contributed by atoms with E-state index in [4.69, 9.17) is 9.47 Å². The Hall–Kier alpha value is -4.08. The van der Waals surface area contributed by atoms with Crippen LogP contribution in [0.15, 0.2) is 54.6 Å². The quantitative estimate of drug-likeness (QED) is 0.370. The van der Waals surface area contributed by atoms with Crippen molar-refractivity contribution in [2.24, 2.45) is 0 Å². The number of carbonyl (C=O) groups excluding carboxylic acids is 2. The first kappa shape index (κ1) is 23.6. The third-order valence-corrected chi connectivity index (χ3v) is 5.19. The number of carbonyl (C=O) groups is 2. The molecule has 3 rings (SSSR count). The van der Waals surface area contributed by atoms with Crippen LogP contribution in [0.5, 0.6) is 0 Å². The van der Waals surface area contributed by atoms with Gasteiger partial charge in [0.15, 0.2) is 0 Å². The third kappa shape index (κ3) is 6.22. The van der Waals surface area contributed by atoms with Gasteiger partial charge in [0, 0.05) is 24.6 Å². The van der Waals surface area contributed by atoms with Gasteiger partial charge in [0.2, 0.25) is 0 Å². The highest BCUT2D eigenvalue weighted by molar-refractivity contribution is 5.91. The van der Waals surface area contributed by atoms with E-state index in [0.29, 0.717) is 12.8 Å². The van der Waals surface area contributed by atoms with Gasteiger partial charge in [0.05, 0.1) is 27.6 Å². The fourth-order valence-electron chi connectivity index (χ4n) is 3.60. The molecular formula is C23H22N2O8. The topological polar surface area (TPSA) is 139 Å². The summed E-state index contributed by atoms with van der Waals surface area (Å²) in [5, 5.41) is 22.3. The number of hydrogen-bond donors (Lipinski definition) is 0. The molecule has 0 radical (unpaired) electrons. The van der Waals surface area contributed by atoms with Crippen molar-refractivity contribution in [1.82, 2.24) is 0 Å². The first-order valence-corrected chi connectivity index (χ1v) is 10.3. The molecule has 0 bridgehead atoms. The number of benzene rings is 2. The van der Waals surface area contributed by atoms with Crippen LogP contribution in [0.1, 0.15) is 53.8 Å². The lowest BCUT2D eigenvalue weighted by atomic mass is 9.95. The fraction of sp³-hybridized carbons (Fsp3) is 0.304. The monoisotopic (exact) mass is 454 g/mol. The normalized spacial score (nSPS) is 19.7. The van der Waals surface area contributed by atoms with E-state index in [1.54, 1.807) is 6.07 Å². The Kier molecular flexibility index (Phi) is 7.50. The molecule has 0 saturated heterocycles. The van der Waals surface area contributed by atoms with Gasteiger partial charge in [-0.3, -0.25) is 20.2 Å². The zero-order valence-corrected chi connectivity index (χ0v) is 17.8. The van der Waals surface area contributed by atoms with Crippen LogP contribution in [-0.2, 0) is 20.7 Å². The van der Waals surface area contributed by atoms with Crippen molar-refractivity contribution in [2.75, 3.05) is 0 Å². The molecular weight excluding hydrogens is 432 g/mol. The van der Waals surface area contributed by atoms with Gasteiger partial charge in [-0.1, -0.05) is 30.3 Å². The summed E-state index contributed by atoms with van der Waals surface area (Å²) in [6.07, 6.45) is 3.96. The summed E-state index contributed by atoms with van der Waals surface area (Å²) < 4.78 is 11.0. The lowest BCUT2D eigenvalue weighted by molar-refractivity contribution is -0.394. The molecule has 10 heteroatoms. The number of esters is 2. The number of aryl methyl sites for hydroxylation is 1. The van der Waals surface area contributed by atoms with E-state index in [9.17, 15) is 29.8 Å². The van der Waals surface area contributed by atoms with Crippen molar-refractivity contribution in [3.05, 3.63) is 91.5 Å². The Labute approximate surface area is 189 Å². The molecule has 2 aromatic rings. The SMILES string of the molecule is C[C@H]1CCCc2ccccc2[C@H](OC(=O)c2cc([N+](=O)[O-])cc([N+](=O)[O-])c2)C/C=C/C(=O)O1. The summed E-state index contributed by atoms with van der Waals surface area (Å²) in [6, 6.07) is 10.0. The molecule has 1 aliphatic rings. The Morgan fingerprint density at radius 2 is 1.76 bits per heavy atom. The van der Waals surface area contributed by atoms with Crippen LogP contribution in [-0.4, -0.2) is 27.9 Å². The predicted octanol–water partition coefficient (Wildman–Crippen LogP) is 4.62. The highest BCUT2D eigenvalue weighted by Crippen LogP contribution is 2.30. The van der Waals surface area contributed by atoms with Crippen molar-refractivity contribution >= 4 is 23.3 Å². The molecule has 2 atom stereocenters. The first-order chi connectivity index (χ1) is 15.7. The molecule has 0 saturated carbocycles. The predicted molar refractivity (Wildman–Crippen MR) is 117 cm³/mol. The molecule has 0 fully saturated rings. The van der Waals surface area contributed by atoms with Crippen LogP contribution in [0.2, 0.25) is 0 Å². The van der Waals surface area contributed by atoms with Crippen molar-refractivity contribution < 1.29 is 28.9 Å². The van der Waals surface area contributed by atoms with Gasteiger partial charge in [0.25, 0.3) is 11.4 Å². The number of non-ortho nitro benzene ring substituents is 2. The Balaban J connectivity index is 1.95. The largest absolute Gasteiger partial charge is 0.460 e. The average Bonchev–Trinajstić information content (AvgIpc) is 2.77. The van der Waals surface area contributed by atoms with Crippen molar-refractivity contribution in [3.8, 4) is 0 Å². The summed E-state index contributed by atoms with van der Waals surface area (Å²) in [6.45, 7) is 1.83. The summed E-state index contributed by atoms with van der Waals surface area (Å²) in [5.41, 5.74) is 0.195. The third-order valence-electron chi connectivity index (χ3n) is 5.19. The van der Waals surface area contributed by atoms with E-state index in [0.717, 1.165) is 35.7 Å². The van der Waals surface area contributed by atoms with Gasteiger partial charge in [-0.05, 0) is 37.3 Å². The van der Waals surface area contributed by atoms with Crippen LogP contribution >= 0.6 is 0 Å². The number of ether oxygens (including phenoxy) is 2. The van der Waals surface area contributed by atoms with Gasteiger partial charge in [0.1, 0.15) is 6.10 Å². The number of cyclic esters (lactones) is 1.